The van der Waals surface area contributed by atoms with Crippen molar-refractivity contribution < 1.29 is 14.6 Å². The van der Waals surface area contributed by atoms with Gasteiger partial charge in [-0.2, -0.15) is 0 Å². The number of hydrogen-bond acceptors (Lipinski definition) is 4. The zero-order valence-electron chi connectivity index (χ0n) is 15.2. The van der Waals surface area contributed by atoms with Crippen molar-refractivity contribution in [2.45, 2.75) is 59.0 Å². The van der Waals surface area contributed by atoms with Crippen molar-refractivity contribution in [2.24, 2.45) is 5.92 Å². The summed E-state index contributed by atoms with van der Waals surface area (Å²) in [5, 5.41) is 12.7. The highest BCUT2D eigenvalue weighted by Crippen LogP contribution is 2.17. The number of rotatable bonds is 6. The van der Waals surface area contributed by atoms with E-state index >= 15 is 0 Å². The van der Waals surface area contributed by atoms with Crippen LogP contribution in [0.25, 0.3) is 0 Å². The van der Waals surface area contributed by atoms with E-state index in [1.165, 1.54) is 5.56 Å². The SMILES string of the molecule is CC1CN(Cc2cccc(NC(=O)CC(O)C(C)C)c2)CC(C)O1. The number of aliphatic hydroxyl groups excluding tert-OH is 1. The Labute approximate surface area is 145 Å². The molecule has 3 unspecified atom stereocenters. The normalized spacial score (nSPS) is 23.2. The van der Waals surface area contributed by atoms with E-state index in [0.29, 0.717) is 0 Å². The van der Waals surface area contributed by atoms with Gasteiger partial charge < -0.3 is 15.2 Å². The molecule has 2 rings (SSSR count). The van der Waals surface area contributed by atoms with E-state index in [1.54, 1.807) is 0 Å². The van der Waals surface area contributed by atoms with E-state index in [1.807, 2.05) is 32.0 Å². The topological polar surface area (TPSA) is 61.8 Å². The molecule has 1 aromatic rings. The first-order chi connectivity index (χ1) is 11.3. The van der Waals surface area contributed by atoms with Gasteiger partial charge in [-0.25, -0.2) is 0 Å². The molecule has 0 bridgehead atoms. The van der Waals surface area contributed by atoms with Gasteiger partial charge in [-0.05, 0) is 37.5 Å². The number of anilines is 1. The third-order valence-electron chi connectivity index (χ3n) is 4.28. The Morgan fingerprint density at radius 2 is 2.00 bits per heavy atom. The molecule has 1 aliphatic rings. The van der Waals surface area contributed by atoms with Gasteiger partial charge in [0.1, 0.15) is 0 Å². The average Bonchev–Trinajstić information content (AvgIpc) is 2.46. The Morgan fingerprint density at radius 1 is 1.33 bits per heavy atom. The highest BCUT2D eigenvalue weighted by molar-refractivity contribution is 5.91. The first kappa shape index (κ1) is 18.9. The van der Waals surface area contributed by atoms with E-state index in [2.05, 4.69) is 30.1 Å². The van der Waals surface area contributed by atoms with Gasteiger partial charge in [0.05, 0.1) is 24.7 Å². The third kappa shape index (κ3) is 5.89. The number of nitrogens with one attached hydrogen (secondary N) is 1. The molecule has 0 saturated carbocycles. The van der Waals surface area contributed by atoms with Crippen LogP contribution in [0.3, 0.4) is 0 Å². The van der Waals surface area contributed by atoms with Crippen LogP contribution in [0.1, 0.15) is 39.7 Å². The van der Waals surface area contributed by atoms with Crippen molar-refractivity contribution in [3.63, 3.8) is 0 Å². The van der Waals surface area contributed by atoms with Crippen LogP contribution in [0.5, 0.6) is 0 Å². The molecule has 5 heteroatoms. The van der Waals surface area contributed by atoms with Crippen molar-refractivity contribution in [1.29, 1.82) is 0 Å². The molecule has 1 aromatic carbocycles. The van der Waals surface area contributed by atoms with Gasteiger partial charge in [0.25, 0.3) is 0 Å². The Morgan fingerprint density at radius 3 is 2.62 bits per heavy atom. The van der Waals surface area contributed by atoms with Crippen molar-refractivity contribution in [3.8, 4) is 0 Å². The molecule has 0 aliphatic carbocycles. The summed E-state index contributed by atoms with van der Waals surface area (Å²) < 4.78 is 5.76. The molecule has 1 aliphatic heterocycles. The number of aliphatic hydroxyl groups is 1. The van der Waals surface area contributed by atoms with Crippen LogP contribution in [-0.4, -0.2) is 47.3 Å². The summed E-state index contributed by atoms with van der Waals surface area (Å²) in [6.07, 6.45) is 0.00763. The standard InChI is InChI=1S/C19H30N2O3/c1-13(2)18(22)9-19(23)20-17-7-5-6-16(8-17)12-21-10-14(3)24-15(4)11-21/h5-8,13-15,18,22H,9-12H2,1-4H3,(H,20,23). The van der Waals surface area contributed by atoms with Gasteiger partial charge in [-0.3, -0.25) is 9.69 Å². The van der Waals surface area contributed by atoms with Crippen LogP contribution in [-0.2, 0) is 16.1 Å². The second-order valence-corrected chi connectivity index (χ2v) is 7.22. The van der Waals surface area contributed by atoms with Gasteiger partial charge in [-0.15, -0.1) is 0 Å². The lowest BCUT2D eigenvalue weighted by molar-refractivity contribution is -0.118. The van der Waals surface area contributed by atoms with Crippen LogP contribution in [0, 0.1) is 5.92 Å². The molecule has 134 valence electrons. The molecule has 3 atom stereocenters. The van der Waals surface area contributed by atoms with Crippen LogP contribution >= 0.6 is 0 Å². The molecule has 5 nitrogen and oxygen atoms in total. The minimum atomic E-state index is -0.607. The highest BCUT2D eigenvalue weighted by atomic mass is 16.5. The maximum Gasteiger partial charge on any atom is 0.226 e. The van der Waals surface area contributed by atoms with E-state index < -0.39 is 6.10 Å². The Kier molecular flexibility index (Phi) is 6.78. The number of morpholine rings is 1. The summed E-state index contributed by atoms with van der Waals surface area (Å²) in [6.45, 7) is 10.7. The first-order valence-corrected chi connectivity index (χ1v) is 8.78. The van der Waals surface area contributed by atoms with Crippen molar-refractivity contribution >= 4 is 11.6 Å². The summed E-state index contributed by atoms with van der Waals surface area (Å²) >= 11 is 0. The number of benzene rings is 1. The number of ether oxygens (including phenoxy) is 1. The lowest BCUT2D eigenvalue weighted by Crippen LogP contribution is -2.44. The molecule has 0 spiro atoms. The summed E-state index contributed by atoms with van der Waals surface area (Å²) in [5.41, 5.74) is 1.95. The zero-order chi connectivity index (χ0) is 17.7. The predicted molar refractivity (Wildman–Crippen MR) is 95.8 cm³/mol. The molecule has 1 amide bonds. The molecule has 24 heavy (non-hydrogen) atoms. The quantitative estimate of drug-likeness (QED) is 0.839. The summed E-state index contributed by atoms with van der Waals surface area (Å²) in [5.74, 6) is -0.0747. The fraction of sp³-hybridized carbons (Fsp3) is 0.632. The van der Waals surface area contributed by atoms with E-state index in [9.17, 15) is 9.90 Å². The van der Waals surface area contributed by atoms with E-state index in [4.69, 9.17) is 4.74 Å². The van der Waals surface area contributed by atoms with Crippen LogP contribution in [0.15, 0.2) is 24.3 Å². The summed E-state index contributed by atoms with van der Waals surface area (Å²) in [4.78, 5) is 14.4. The smallest absolute Gasteiger partial charge is 0.226 e. The van der Waals surface area contributed by atoms with Crippen LogP contribution in [0.4, 0.5) is 5.69 Å². The third-order valence-corrected chi connectivity index (χ3v) is 4.28. The fourth-order valence-corrected chi connectivity index (χ4v) is 3.06. The molecule has 1 saturated heterocycles. The molecule has 1 fully saturated rings. The molecule has 0 radical (unpaired) electrons. The van der Waals surface area contributed by atoms with Crippen molar-refractivity contribution in [1.82, 2.24) is 4.90 Å². The van der Waals surface area contributed by atoms with E-state index in [-0.39, 0.29) is 30.5 Å². The van der Waals surface area contributed by atoms with Gasteiger partial charge in [0.15, 0.2) is 0 Å². The molecule has 2 N–H and O–H groups in total. The number of carbonyl (C=O) groups is 1. The Balaban J connectivity index is 1.92. The maximum absolute atomic E-state index is 12.0. The minimum Gasteiger partial charge on any atom is -0.392 e. The van der Waals surface area contributed by atoms with Gasteiger partial charge in [0, 0.05) is 25.3 Å². The lowest BCUT2D eigenvalue weighted by atomic mass is 10.0. The summed E-state index contributed by atoms with van der Waals surface area (Å²) in [7, 11) is 0. The molecular formula is C19H30N2O3. The number of carbonyl (C=O) groups excluding carboxylic acids is 1. The van der Waals surface area contributed by atoms with Crippen molar-refractivity contribution in [2.75, 3.05) is 18.4 Å². The lowest BCUT2D eigenvalue weighted by Gasteiger charge is -2.35. The molecule has 1 heterocycles. The second kappa shape index (κ2) is 8.60. The molecular weight excluding hydrogens is 304 g/mol. The largest absolute Gasteiger partial charge is 0.392 e. The van der Waals surface area contributed by atoms with Gasteiger partial charge in [-0.1, -0.05) is 26.0 Å². The van der Waals surface area contributed by atoms with Crippen LogP contribution < -0.4 is 5.32 Å². The number of amides is 1. The van der Waals surface area contributed by atoms with Gasteiger partial charge >= 0.3 is 0 Å². The van der Waals surface area contributed by atoms with Gasteiger partial charge in [0.2, 0.25) is 5.91 Å². The zero-order valence-corrected chi connectivity index (χ0v) is 15.2. The van der Waals surface area contributed by atoms with E-state index in [0.717, 1.165) is 25.3 Å². The summed E-state index contributed by atoms with van der Waals surface area (Å²) in [6, 6.07) is 7.92. The highest BCUT2D eigenvalue weighted by Gasteiger charge is 2.22. The number of nitrogens with zero attached hydrogens (tertiary/aromatic N) is 1. The maximum atomic E-state index is 12.0. The Bertz CT molecular complexity index is 537. The first-order valence-electron chi connectivity index (χ1n) is 8.78. The number of hydrogen-bond donors (Lipinski definition) is 2. The second-order valence-electron chi connectivity index (χ2n) is 7.22. The minimum absolute atomic E-state index is 0.0763. The molecule has 0 aromatic heterocycles. The monoisotopic (exact) mass is 334 g/mol. The fourth-order valence-electron chi connectivity index (χ4n) is 3.06. The predicted octanol–water partition coefficient (Wildman–Crippen LogP) is 2.64. The Hall–Kier alpha value is -1.43. The van der Waals surface area contributed by atoms with Crippen molar-refractivity contribution in [3.05, 3.63) is 29.8 Å². The van der Waals surface area contributed by atoms with Crippen LogP contribution in [0.2, 0.25) is 0 Å². The average molecular weight is 334 g/mol.